The Kier molecular flexibility index (Phi) is 8.33. The minimum atomic E-state index is -1.34. The van der Waals surface area contributed by atoms with E-state index in [4.69, 9.17) is 0 Å². The molecule has 0 heterocycles. The van der Waals surface area contributed by atoms with Crippen LogP contribution in [0.2, 0.25) is 0 Å². The first-order valence-corrected chi connectivity index (χ1v) is 2.23. The van der Waals surface area contributed by atoms with Crippen LogP contribution >= 0.6 is 0 Å². The van der Waals surface area contributed by atoms with E-state index in [-0.39, 0.29) is 22.4 Å². The van der Waals surface area contributed by atoms with Crippen LogP contribution in [0.1, 0.15) is 0 Å². The molecule has 0 unspecified atom stereocenters. The second kappa shape index (κ2) is 6.76. The van der Waals surface area contributed by atoms with Gasteiger partial charge in [-0.2, -0.15) is 0 Å². The number of rotatable bonds is 4. The summed E-state index contributed by atoms with van der Waals surface area (Å²) in [5, 5.41) is 21.2. The minimum Gasteiger partial charge on any atom is -0.549 e. The fourth-order valence-electron chi connectivity index (χ4n) is 0.267. The number of hydrogen-bond acceptors (Lipinski definition) is 5. The monoisotopic (exact) mass is 238 g/mol. The van der Waals surface area contributed by atoms with Gasteiger partial charge in [-0.15, -0.1) is 0 Å². The molecule has 0 amide bonds. The van der Waals surface area contributed by atoms with Crippen LogP contribution in [-0.2, 0) is 32.0 Å². The van der Waals surface area contributed by atoms with E-state index < -0.39 is 25.0 Å². The number of nitrogens with one attached hydrogen (secondary N) is 1. The van der Waals surface area contributed by atoms with E-state index in [1.165, 1.54) is 0 Å². The molecule has 0 rings (SSSR count). The van der Waals surface area contributed by atoms with Crippen molar-refractivity contribution in [2.75, 3.05) is 13.1 Å². The number of hydrogen-bond donors (Lipinski definition) is 1. The Morgan fingerprint density at radius 3 is 1.60 bits per heavy atom. The van der Waals surface area contributed by atoms with Gasteiger partial charge in [0, 0.05) is 13.1 Å². The maximum Gasteiger partial charge on any atom is 2.00 e. The third-order valence-corrected chi connectivity index (χ3v) is 0.539. The molecule has 1 radical (unpaired) electrons. The van der Waals surface area contributed by atoms with Gasteiger partial charge in [-0.25, -0.2) is 0 Å². The van der Waals surface area contributed by atoms with Gasteiger partial charge in [0.25, 0.3) is 0 Å². The second-order valence-electron chi connectivity index (χ2n) is 1.35. The van der Waals surface area contributed by atoms with Crippen LogP contribution in [-0.4, -0.2) is 25.0 Å². The molecule has 0 bridgehead atoms. The average molecular weight is 239 g/mol. The Hall–Kier alpha value is -0.360. The summed E-state index contributed by atoms with van der Waals surface area (Å²) < 4.78 is 0. The molecule has 0 fully saturated rings. The first-order valence-electron chi connectivity index (χ1n) is 2.23. The zero-order valence-electron chi connectivity index (χ0n) is 4.85. The smallest absolute Gasteiger partial charge is 0.549 e. The normalized spacial score (nSPS) is 8.00. The van der Waals surface area contributed by atoms with E-state index in [2.05, 4.69) is 5.32 Å². The maximum absolute atomic E-state index is 9.59. The molecule has 6 heteroatoms. The zero-order chi connectivity index (χ0) is 7.28. The molecule has 0 saturated heterocycles. The van der Waals surface area contributed by atoms with Gasteiger partial charge >= 0.3 is 22.4 Å². The van der Waals surface area contributed by atoms with Crippen LogP contribution in [0.5, 0.6) is 0 Å². The summed E-state index contributed by atoms with van der Waals surface area (Å²) in [4.78, 5) is 19.2. The number of aliphatic carboxylic acids is 2. The number of carbonyl (C=O) groups excluding carboxylic acids is 2. The number of carboxylic acid groups (broad SMARTS) is 2. The molecule has 61 valence electrons. The van der Waals surface area contributed by atoms with Crippen LogP contribution < -0.4 is 15.5 Å². The molecule has 10 heavy (non-hydrogen) atoms. The molecule has 1 N–H and O–H groups in total. The van der Waals surface area contributed by atoms with E-state index in [0.717, 1.165) is 0 Å². The van der Waals surface area contributed by atoms with Gasteiger partial charge in [0.05, 0.1) is 11.9 Å². The quantitative estimate of drug-likeness (QED) is 0.506. The van der Waals surface area contributed by atoms with Crippen LogP contribution in [0.25, 0.3) is 0 Å². The summed E-state index contributed by atoms with van der Waals surface area (Å²) in [6, 6.07) is 0. The molecule has 5 nitrogen and oxygen atoms in total. The molecular formula is C4H5AgNO4. The van der Waals surface area contributed by atoms with Crippen molar-refractivity contribution in [1.82, 2.24) is 5.32 Å². The van der Waals surface area contributed by atoms with Crippen molar-refractivity contribution in [2.24, 2.45) is 0 Å². The number of carboxylic acids is 2. The van der Waals surface area contributed by atoms with E-state index in [1.54, 1.807) is 0 Å². The average Bonchev–Trinajstić information content (AvgIpc) is 1.63. The van der Waals surface area contributed by atoms with Gasteiger partial charge in [0.15, 0.2) is 0 Å². The zero-order valence-corrected chi connectivity index (χ0v) is 6.33. The van der Waals surface area contributed by atoms with Gasteiger partial charge in [-0.3, -0.25) is 0 Å². The molecule has 0 aromatic heterocycles. The SMILES string of the molecule is O=C([O-])CNCC(=O)[O-].[Ag+2]. The van der Waals surface area contributed by atoms with Gasteiger partial charge < -0.3 is 25.1 Å². The third kappa shape index (κ3) is 10.6. The Balaban J connectivity index is 0. The molecule has 0 aliphatic rings. The summed E-state index contributed by atoms with van der Waals surface area (Å²) in [5.41, 5.74) is 0. The van der Waals surface area contributed by atoms with Crippen molar-refractivity contribution >= 4 is 11.9 Å². The van der Waals surface area contributed by atoms with Gasteiger partial charge in [0.2, 0.25) is 0 Å². The number of carbonyl (C=O) groups is 2. The van der Waals surface area contributed by atoms with E-state index in [0.29, 0.717) is 0 Å². The van der Waals surface area contributed by atoms with Crippen LogP contribution in [0.15, 0.2) is 0 Å². The van der Waals surface area contributed by atoms with Gasteiger partial charge in [-0.1, -0.05) is 0 Å². The van der Waals surface area contributed by atoms with Crippen molar-refractivity contribution in [2.45, 2.75) is 0 Å². The van der Waals surface area contributed by atoms with Crippen molar-refractivity contribution < 1.29 is 42.2 Å². The molecule has 0 spiro atoms. The van der Waals surface area contributed by atoms with E-state index >= 15 is 0 Å². The Bertz CT molecular complexity index is 112. The van der Waals surface area contributed by atoms with Crippen LogP contribution in [0, 0.1) is 0 Å². The second-order valence-corrected chi connectivity index (χ2v) is 1.35. The topological polar surface area (TPSA) is 92.3 Å². The Morgan fingerprint density at radius 2 is 1.40 bits per heavy atom. The summed E-state index contributed by atoms with van der Waals surface area (Å²) in [7, 11) is 0. The molecule has 0 aliphatic heterocycles. The van der Waals surface area contributed by atoms with Crippen molar-refractivity contribution in [3.8, 4) is 0 Å². The molecular weight excluding hydrogens is 234 g/mol. The van der Waals surface area contributed by atoms with E-state index in [9.17, 15) is 19.8 Å². The van der Waals surface area contributed by atoms with Crippen molar-refractivity contribution in [3.63, 3.8) is 0 Å². The predicted molar refractivity (Wildman–Crippen MR) is 22.9 cm³/mol. The fraction of sp³-hybridized carbons (Fsp3) is 0.500. The molecule has 0 aromatic rings. The Morgan fingerprint density at radius 1 is 1.10 bits per heavy atom. The van der Waals surface area contributed by atoms with Gasteiger partial charge in [-0.05, 0) is 0 Å². The molecule has 0 aliphatic carbocycles. The summed E-state index contributed by atoms with van der Waals surface area (Å²) in [6.45, 7) is -0.929. The largest absolute Gasteiger partial charge is 2.00 e. The first kappa shape index (κ1) is 12.3. The molecule has 0 saturated carbocycles. The molecule has 0 aromatic carbocycles. The third-order valence-electron chi connectivity index (χ3n) is 0.539. The standard InChI is InChI=1S/C4H7NO4.Ag/c6-3(7)1-5-2-4(8)9;/h5H,1-2H2,(H,6,7)(H,8,9);/q;+2/p-2. The summed E-state index contributed by atoms with van der Waals surface area (Å²) >= 11 is 0. The van der Waals surface area contributed by atoms with Crippen molar-refractivity contribution in [3.05, 3.63) is 0 Å². The summed E-state index contributed by atoms with van der Waals surface area (Å²) in [6.07, 6.45) is 0. The molecule has 0 atom stereocenters. The predicted octanol–water partition coefficient (Wildman–Crippen LogP) is -3.93. The van der Waals surface area contributed by atoms with Crippen molar-refractivity contribution in [1.29, 1.82) is 0 Å². The Labute approximate surface area is 72.9 Å². The first-order chi connectivity index (χ1) is 4.13. The fourth-order valence-corrected chi connectivity index (χ4v) is 0.267. The van der Waals surface area contributed by atoms with E-state index in [1.807, 2.05) is 0 Å². The maximum atomic E-state index is 9.59. The summed E-state index contributed by atoms with van der Waals surface area (Å²) in [5.74, 6) is -2.67. The van der Waals surface area contributed by atoms with Crippen LogP contribution in [0.4, 0.5) is 0 Å². The minimum absolute atomic E-state index is 0. The van der Waals surface area contributed by atoms with Gasteiger partial charge in [0.1, 0.15) is 0 Å². The van der Waals surface area contributed by atoms with Crippen LogP contribution in [0.3, 0.4) is 0 Å².